The maximum Gasteiger partial charge on any atom is 0.263 e. The molecule has 1 aliphatic heterocycles. The van der Waals surface area contributed by atoms with Gasteiger partial charge >= 0.3 is 0 Å². The number of carbonyl (C=O) groups is 2. The number of aromatic nitrogens is 1. The van der Waals surface area contributed by atoms with Gasteiger partial charge in [0.2, 0.25) is 5.91 Å². The molecule has 2 N–H and O–H groups in total. The number of hydrogen-bond donors (Lipinski definition) is 2. The second-order valence-corrected chi connectivity index (χ2v) is 11.1. The zero-order valence-corrected chi connectivity index (χ0v) is 22.5. The second kappa shape index (κ2) is 11.0. The number of hydrogen-bond acceptors (Lipinski definition) is 6. The lowest BCUT2D eigenvalue weighted by Crippen LogP contribution is -2.31. The zero-order valence-electron chi connectivity index (χ0n) is 21.7. The minimum absolute atomic E-state index is 0.150. The molecule has 0 unspecified atom stereocenters. The van der Waals surface area contributed by atoms with Crippen molar-refractivity contribution in [3.05, 3.63) is 75.3 Å². The van der Waals surface area contributed by atoms with E-state index in [9.17, 15) is 9.59 Å². The molecule has 194 valence electrons. The lowest BCUT2D eigenvalue weighted by atomic mass is 9.95. The summed E-state index contributed by atoms with van der Waals surface area (Å²) in [6, 6.07) is 14.8. The number of carbonyl (C=O) groups excluding carboxylic acids is 2. The van der Waals surface area contributed by atoms with Gasteiger partial charge in [0, 0.05) is 26.6 Å². The van der Waals surface area contributed by atoms with E-state index in [2.05, 4.69) is 63.0 Å². The number of fused-ring (bicyclic) bond motifs is 1. The summed E-state index contributed by atoms with van der Waals surface area (Å²) < 4.78 is 6.25. The Morgan fingerprint density at radius 1 is 1.19 bits per heavy atom. The van der Waals surface area contributed by atoms with E-state index in [1.165, 1.54) is 54.2 Å². The van der Waals surface area contributed by atoms with E-state index in [0.717, 1.165) is 37.4 Å². The highest BCUT2D eigenvalue weighted by molar-refractivity contribution is 7.17. The predicted molar refractivity (Wildman–Crippen MR) is 146 cm³/mol. The lowest BCUT2D eigenvalue weighted by molar-refractivity contribution is -0.114. The first-order chi connectivity index (χ1) is 17.9. The first kappa shape index (κ1) is 25.4. The summed E-state index contributed by atoms with van der Waals surface area (Å²) in [5, 5.41) is 6.14. The van der Waals surface area contributed by atoms with Crippen molar-refractivity contribution in [1.29, 1.82) is 0 Å². The SMILES string of the molecule is CC(=O)Nc1nc(C)c(C(=O)N[C@@H](C)c2ccc(CN3CCc4c(cccc4OC4CCC4)C3)cc2)s1. The number of nitrogens with zero attached hydrogens (tertiary/aromatic N) is 2. The molecule has 7 nitrogen and oxygen atoms in total. The molecular formula is C29H34N4O3S. The quantitative estimate of drug-likeness (QED) is 0.418. The number of aryl methyl sites for hydroxylation is 1. The Bertz CT molecular complexity index is 1280. The maximum atomic E-state index is 12.8. The van der Waals surface area contributed by atoms with Crippen molar-refractivity contribution in [3.8, 4) is 5.75 Å². The molecule has 1 saturated carbocycles. The molecule has 37 heavy (non-hydrogen) atoms. The molecule has 1 atom stereocenters. The Labute approximate surface area is 222 Å². The maximum absolute atomic E-state index is 12.8. The molecule has 1 aromatic heterocycles. The summed E-state index contributed by atoms with van der Waals surface area (Å²) in [7, 11) is 0. The van der Waals surface area contributed by atoms with Crippen LogP contribution < -0.4 is 15.4 Å². The molecule has 0 radical (unpaired) electrons. The molecular weight excluding hydrogens is 484 g/mol. The van der Waals surface area contributed by atoms with Crippen molar-refractivity contribution >= 4 is 28.3 Å². The summed E-state index contributed by atoms with van der Waals surface area (Å²) in [4.78, 5) is 31.4. The number of ether oxygens (including phenoxy) is 1. The fraction of sp³-hybridized carbons (Fsp3) is 0.414. The van der Waals surface area contributed by atoms with Gasteiger partial charge in [-0.1, -0.05) is 47.7 Å². The van der Waals surface area contributed by atoms with Gasteiger partial charge in [-0.15, -0.1) is 0 Å². The fourth-order valence-electron chi connectivity index (χ4n) is 4.87. The average Bonchev–Trinajstić information content (AvgIpc) is 3.21. The van der Waals surface area contributed by atoms with E-state index in [4.69, 9.17) is 4.74 Å². The van der Waals surface area contributed by atoms with Gasteiger partial charge in [-0.05, 0) is 67.9 Å². The number of amides is 2. The molecule has 2 heterocycles. The van der Waals surface area contributed by atoms with Crippen LogP contribution in [0.5, 0.6) is 5.75 Å². The summed E-state index contributed by atoms with van der Waals surface area (Å²) >= 11 is 1.19. The third kappa shape index (κ3) is 6.02. The van der Waals surface area contributed by atoms with Crippen LogP contribution in [-0.2, 0) is 24.3 Å². The van der Waals surface area contributed by atoms with Crippen LogP contribution in [0, 0.1) is 6.92 Å². The van der Waals surface area contributed by atoms with Crippen LogP contribution in [0.2, 0.25) is 0 Å². The van der Waals surface area contributed by atoms with Crippen LogP contribution >= 0.6 is 11.3 Å². The average molecular weight is 519 g/mol. The highest BCUT2D eigenvalue weighted by atomic mass is 32.1. The largest absolute Gasteiger partial charge is 0.490 e. The molecule has 2 aromatic carbocycles. The Morgan fingerprint density at radius 2 is 1.97 bits per heavy atom. The number of nitrogens with one attached hydrogen (secondary N) is 2. The Kier molecular flexibility index (Phi) is 7.58. The van der Waals surface area contributed by atoms with Crippen molar-refractivity contribution in [3.63, 3.8) is 0 Å². The van der Waals surface area contributed by atoms with Gasteiger partial charge in [0.25, 0.3) is 5.91 Å². The van der Waals surface area contributed by atoms with E-state index in [1.807, 2.05) is 6.92 Å². The second-order valence-electron chi connectivity index (χ2n) is 10.1. The van der Waals surface area contributed by atoms with Crippen molar-refractivity contribution in [2.24, 2.45) is 0 Å². The van der Waals surface area contributed by atoms with Crippen LogP contribution in [0.1, 0.15) is 76.8 Å². The molecule has 1 aliphatic carbocycles. The smallest absolute Gasteiger partial charge is 0.263 e. The highest BCUT2D eigenvalue weighted by Gasteiger charge is 2.24. The Hall–Kier alpha value is -3.23. The molecule has 0 saturated heterocycles. The fourth-order valence-corrected chi connectivity index (χ4v) is 5.79. The minimum atomic E-state index is -0.203. The van der Waals surface area contributed by atoms with Gasteiger partial charge in [-0.25, -0.2) is 4.98 Å². The molecule has 2 aliphatic rings. The first-order valence-electron chi connectivity index (χ1n) is 13.0. The van der Waals surface area contributed by atoms with E-state index in [-0.39, 0.29) is 17.9 Å². The lowest BCUT2D eigenvalue weighted by Gasteiger charge is -2.32. The Balaban J connectivity index is 1.17. The van der Waals surface area contributed by atoms with Crippen LogP contribution in [0.3, 0.4) is 0 Å². The molecule has 8 heteroatoms. The van der Waals surface area contributed by atoms with Crippen molar-refractivity contribution in [2.45, 2.75) is 71.7 Å². The minimum Gasteiger partial charge on any atom is -0.490 e. The van der Waals surface area contributed by atoms with Crippen LogP contribution in [0.4, 0.5) is 5.13 Å². The highest BCUT2D eigenvalue weighted by Crippen LogP contribution is 2.32. The number of thiazole rings is 1. The number of anilines is 1. The van der Waals surface area contributed by atoms with Crippen LogP contribution in [0.15, 0.2) is 42.5 Å². The first-order valence-corrected chi connectivity index (χ1v) is 13.8. The molecule has 2 amide bonds. The predicted octanol–water partition coefficient (Wildman–Crippen LogP) is 5.39. The van der Waals surface area contributed by atoms with Gasteiger partial charge in [0.05, 0.1) is 17.8 Å². The van der Waals surface area contributed by atoms with Gasteiger partial charge < -0.3 is 15.4 Å². The van der Waals surface area contributed by atoms with Crippen LogP contribution in [0.25, 0.3) is 0 Å². The van der Waals surface area contributed by atoms with Gasteiger partial charge in [0.1, 0.15) is 10.6 Å². The van der Waals surface area contributed by atoms with Gasteiger partial charge in [-0.2, -0.15) is 0 Å². The molecule has 5 rings (SSSR count). The van der Waals surface area contributed by atoms with E-state index >= 15 is 0 Å². The van der Waals surface area contributed by atoms with E-state index in [0.29, 0.717) is 21.8 Å². The van der Waals surface area contributed by atoms with Crippen LogP contribution in [-0.4, -0.2) is 34.3 Å². The zero-order chi connectivity index (χ0) is 25.9. The molecule has 0 spiro atoms. The normalized spacial score (nSPS) is 16.4. The number of rotatable bonds is 8. The third-order valence-electron chi connectivity index (χ3n) is 7.17. The van der Waals surface area contributed by atoms with Gasteiger partial charge in [-0.3, -0.25) is 14.5 Å². The van der Waals surface area contributed by atoms with E-state index in [1.54, 1.807) is 6.92 Å². The van der Waals surface area contributed by atoms with Crippen molar-refractivity contribution in [1.82, 2.24) is 15.2 Å². The summed E-state index contributed by atoms with van der Waals surface area (Å²) in [5.41, 5.74) is 5.66. The monoisotopic (exact) mass is 518 g/mol. The summed E-state index contributed by atoms with van der Waals surface area (Å²) in [6.07, 6.45) is 5.06. The number of benzene rings is 2. The standard InChI is InChI=1S/C29H34N4O3S/c1-18(30-28(35)27-19(2)31-29(37-27)32-20(3)34)22-12-10-21(11-13-22)16-33-15-14-25-23(17-33)6-4-9-26(25)36-24-7-5-8-24/h4,6,9-13,18,24H,5,7-8,14-17H2,1-3H3,(H,30,35)(H,31,32,34)/t18-/m0/s1. The van der Waals surface area contributed by atoms with Gasteiger partial charge in [0.15, 0.2) is 5.13 Å². The molecule has 0 bridgehead atoms. The van der Waals surface area contributed by atoms with Crippen molar-refractivity contribution < 1.29 is 14.3 Å². The van der Waals surface area contributed by atoms with Crippen molar-refractivity contribution in [2.75, 3.05) is 11.9 Å². The summed E-state index contributed by atoms with van der Waals surface area (Å²) in [5.74, 6) is 0.698. The topological polar surface area (TPSA) is 83.6 Å². The molecule has 3 aromatic rings. The Morgan fingerprint density at radius 3 is 2.68 bits per heavy atom. The summed E-state index contributed by atoms with van der Waals surface area (Å²) in [6.45, 7) is 8.01. The third-order valence-corrected chi connectivity index (χ3v) is 8.24. The molecule has 1 fully saturated rings. The van der Waals surface area contributed by atoms with E-state index < -0.39 is 0 Å².